The molecule has 1 saturated heterocycles. The molecule has 0 aliphatic carbocycles. The fraction of sp³-hybridized carbons (Fsp3) is 0.333. The van der Waals surface area contributed by atoms with Crippen LogP contribution in [0.3, 0.4) is 0 Å². The van der Waals surface area contributed by atoms with E-state index in [1.807, 2.05) is 6.07 Å². The summed E-state index contributed by atoms with van der Waals surface area (Å²) in [6, 6.07) is 14.6. The predicted octanol–water partition coefficient (Wildman–Crippen LogP) is 3.48. The molecule has 2 atom stereocenters. The van der Waals surface area contributed by atoms with Crippen LogP contribution in [0, 0.1) is 23.2 Å². The van der Waals surface area contributed by atoms with Gasteiger partial charge in [-0.1, -0.05) is 19.9 Å². The zero-order chi connectivity index (χ0) is 20.3. The van der Waals surface area contributed by atoms with Gasteiger partial charge in [0.15, 0.2) is 0 Å². The molecule has 0 spiro atoms. The highest BCUT2D eigenvalue weighted by atomic mass is 32.2. The van der Waals surface area contributed by atoms with Crippen molar-refractivity contribution >= 4 is 21.6 Å². The minimum atomic E-state index is -3.57. The Labute approximate surface area is 165 Å². The van der Waals surface area contributed by atoms with E-state index in [1.54, 1.807) is 24.3 Å². The maximum Gasteiger partial charge on any atom is 0.255 e. The zero-order valence-corrected chi connectivity index (χ0v) is 16.7. The fourth-order valence-electron chi connectivity index (χ4n) is 3.60. The van der Waals surface area contributed by atoms with Crippen molar-refractivity contribution in [3.05, 3.63) is 59.7 Å². The number of carbonyl (C=O) groups is 1. The number of hydrogen-bond acceptors (Lipinski definition) is 4. The Morgan fingerprint density at radius 1 is 1.11 bits per heavy atom. The van der Waals surface area contributed by atoms with Crippen molar-refractivity contribution in [1.82, 2.24) is 4.31 Å². The average molecular weight is 398 g/mol. The van der Waals surface area contributed by atoms with Gasteiger partial charge in [0.2, 0.25) is 10.0 Å². The van der Waals surface area contributed by atoms with Crippen LogP contribution in [-0.4, -0.2) is 31.7 Å². The molecule has 1 fully saturated rings. The summed E-state index contributed by atoms with van der Waals surface area (Å²) in [6.45, 7) is 5.16. The first-order valence-electron chi connectivity index (χ1n) is 9.21. The lowest BCUT2D eigenvalue weighted by Gasteiger charge is -2.34. The number of anilines is 1. The van der Waals surface area contributed by atoms with E-state index in [0.717, 1.165) is 6.42 Å². The molecule has 1 aliphatic heterocycles. The molecule has 6 nitrogen and oxygen atoms in total. The molecule has 146 valence electrons. The van der Waals surface area contributed by atoms with Crippen molar-refractivity contribution in [1.29, 1.82) is 5.26 Å². The third-order valence-electron chi connectivity index (χ3n) is 4.84. The number of sulfonamides is 1. The Balaban J connectivity index is 1.75. The van der Waals surface area contributed by atoms with Gasteiger partial charge in [-0.3, -0.25) is 4.79 Å². The highest BCUT2D eigenvalue weighted by Crippen LogP contribution is 2.26. The second-order valence-corrected chi connectivity index (χ2v) is 9.38. The number of nitriles is 1. The van der Waals surface area contributed by atoms with Gasteiger partial charge in [0.1, 0.15) is 0 Å². The predicted molar refractivity (Wildman–Crippen MR) is 107 cm³/mol. The van der Waals surface area contributed by atoms with E-state index in [0.29, 0.717) is 41.7 Å². The van der Waals surface area contributed by atoms with Gasteiger partial charge >= 0.3 is 0 Å². The number of carbonyl (C=O) groups excluding carboxylic acids is 1. The normalized spacial score (nSPS) is 20.3. The highest BCUT2D eigenvalue weighted by molar-refractivity contribution is 7.89. The summed E-state index contributed by atoms with van der Waals surface area (Å²) in [5, 5.41) is 11.7. The van der Waals surface area contributed by atoms with Crippen molar-refractivity contribution in [3.63, 3.8) is 0 Å². The molecular formula is C21H23N3O3S. The number of rotatable bonds is 4. The minimum absolute atomic E-state index is 0.192. The molecular weight excluding hydrogens is 374 g/mol. The molecule has 1 aliphatic rings. The summed E-state index contributed by atoms with van der Waals surface area (Å²) < 4.78 is 27.4. The van der Waals surface area contributed by atoms with Gasteiger partial charge in [-0.05, 0) is 60.7 Å². The third kappa shape index (κ3) is 4.41. The van der Waals surface area contributed by atoms with Crippen LogP contribution in [0.1, 0.15) is 36.2 Å². The van der Waals surface area contributed by atoms with Gasteiger partial charge in [0, 0.05) is 24.3 Å². The van der Waals surface area contributed by atoms with Crippen LogP contribution < -0.4 is 5.32 Å². The summed E-state index contributed by atoms with van der Waals surface area (Å²) in [4.78, 5) is 12.6. The quantitative estimate of drug-likeness (QED) is 0.855. The zero-order valence-electron chi connectivity index (χ0n) is 15.9. The largest absolute Gasteiger partial charge is 0.322 e. The minimum Gasteiger partial charge on any atom is -0.322 e. The van der Waals surface area contributed by atoms with Crippen LogP contribution >= 0.6 is 0 Å². The first kappa shape index (κ1) is 20.1. The maximum atomic E-state index is 12.9. The van der Waals surface area contributed by atoms with Crippen LogP contribution in [0.15, 0.2) is 53.4 Å². The van der Waals surface area contributed by atoms with Crippen molar-refractivity contribution in [2.45, 2.75) is 25.2 Å². The fourth-order valence-corrected chi connectivity index (χ4v) is 5.28. The van der Waals surface area contributed by atoms with Gasteiger partial charge in [-0.15, -0.1) is 0 Å². The number of hydrogen-bond donors (Lipinski definition) is 1. The molecule has 1 heterocycles. The molecule has 2 unspecified atom stereocenters. The van der Waals surface area contributed by atoms with Gasteiger partial charge in [-0.25, -0.2) is 8.42 Å². The van der Waals surface area contributed by atoms with Gasteiger partial charge in [0.25, 0.3) is 5.91 Å². The van der Waals surface area contributed by atoms with Crippen molar-refractivity contribution < 1.29 is 13.2 Å². The van der Waals surface area contributed by atoms with E-state index in [2.05, 4.69) is 19.2 Å². The highest BCUT2D eigenvalue weighted by Gasteiger charge is 2.31. The van der Waals surface area contributed by atoms with E-state index in [-0.39, 0.29) is 10.8 Å². The van der Waals surface area contributed by atoms with Crippen molar-refractivity contribution in [2.24, 2.45) is 11.8 Å². The second kappa shape index (κ2) is 8.13. The van der Waals surface area contributed by atoms with Crippen molar-refractivity contribution in [2.75, 3.05) is 18.4 Å². The molecule has 0 radical (unpaired) electrons. The molecule has 28 heavy (non-hydrogen) atoms. The summed E-state index contributed by atoms with van der Waals surface area (Å²) in [6.07, 6.45) is 1.03. The monoisotopic (exact) mass is 397 g/mol. The van der Waals surface area contributed by atoms with Gasteiger partial charge in [0.05, 0.1) is 16.5 Å². The van der Waals surface area contributed by atoms with E-state index in [1.165, 1.54) is 28.6 Å². The smallest absolute Gasteiger partial charge is 0.255 e. The molecule has 2 aromatic rings. The van der Waals surface area contributed by atoms with E-state index in [4.69, 9.17) is 5.26 Å². The Morgan fingerprint density at radius 3 is 2.36 bits per heavy atom. The second-order valence-electron chi connectivity index (χ2n) is 7.44. The van der Waals surface area contributed by atoms with Crippen molar-refractivity contribution in [3.8, 4) is 6.07 Å². The summed E-state index contributed by atoms with van der Waals surface area (Å²) in [5.74, 6) is 0.291. The average Bonchev–Trinajstić information content (AvgIpc) is 2.67. The van der Waals surface area contributed by atoms with Crippen LogP contribution in [0.4, 0.5) is 5.69 Å². The molecule has 3 rings (SSSR count). The molecule has 0 saturated carbocycles. The number of piperidine rings is 1. The number of benzene rings is 2. The Morgan fingerprint density at radius 2 is 1.75 bits per heavy atom. The Hall–Kier alpha value is -2.69. The standard InChI is InChI=1S/C21H23N3O3S/c1-15-10-16(2)14-24(13-15)28(26,27)20-8-6-18(7-9-20)21(25)23-19-5-3-4-17(11-19)12-22/h3-9,11,15-16H,10,13-14H2,1-2H3,(H,23,25). The molecule has 1 N–H and O–H groups in total. The van der Waals surface area contributed by atoms with Crippen LogP contribution in [0.25, 0.3) is 0 Å². The summed E-state index contributed by atoms with van der Waals surface area (Å²) in [5.41, 5.74) is 1.31. The molecule has 1 amide bonds. The molecule has 2 aromatic carbocycles. The Kier molecular flexibility index (Phi) is 5.82. The molecule has 7 heteroatoms. The van der Waals surface area contributed by atoms with E-state index < -0.39 is 10.0 Å². The summed E-state index contributed by atoms with van der Waals surface area (Å²) >= 11 is 0. The van der Waals surface area contributed by atoms with Gasteiger partial charge < -0.3 is 5.32 Å². The lowest BCUT2D eigenvalue weighted by atomic mass is 9.94. The molecule has 0 bridgehead atoms. The number of amides is 1. The number of nitrogens with one attached hydrogen (secondary N) is 1. The van der Waals surface area contributed by atoms with E-state index in [9.17, 15) is 13.2 Å². The van der Waals surface area contributed by atoms with Crippen LogP contribution in [0.5, 0.6) is 0 Å². The lowest BCUT2D eigenvalue weighted by Crippen LogP contribution is -2.42. The maximum absolute atomic E-state index is 12.9. The third-order valence-corrected chi connectivity index (χ3v) is 6.69. The molecule has 0 aromatic heterocycles. The van der Waals surface area contributed by atoms with Crippen LogP contribution in [0.2, 0.25) is 0 Å². The Bertz CT molecular complexity index is 1000. The lowest BCUT2D eigenvalue weighted by molar-refractivity contribution is 0.102. The first-order chi connectivity index (χ1) is 13.3. The SMILES string of the molecule is CC1CC(C)CN(S(=O)(=O)c2ccc(C(=O)Nc3cccc(C#N)c3)cc2)C1. The van der Waals surface area contributed by atoms with E-state index >= 15 is 0 Å². The first-order valence-corrected chi connectivity index (χ1v) is 10.7. The number of nitrogens with zero attached hydrogens (tertiary/aromatic N) is 2. The topological polar surface area (TPSA) is 90.3 Å². The van der Waals surface area contributed by atoms with Gasteiger partial charge in [-0.2, -0.15) is 9.57 Å². The summed E-state index contributed by atoms with van der Waals surface area (Å²) in [7, 11) is -3.57. The van der Waals surface area contributed by atoms with Crippen LogP contribution in [-0.2, 0) is 10.0 Å².